The number of sulfone groups is 1. The zero-order valence-corrected chi connectivity index (χ0v) is 9.93. The van der Waals surface area contributed by atoms with Gasteiger partial charge in [-0.3, -0.25) is 0 Å². The average Bonchev–Trinajstić information content (AvgIpc) is 2.50. The molecule has 1 aromatic rings. The molecule has 0 bridgehead atoms. The molecule has 5 heteroatoms. The van der Waals surface area contributed by atoms with Gasteiger partial charge in [0.2, 0.25) is 0 Å². The summed E-state index contributed by atoms with van der Waals surface area (Å²) >= 11 is 0. The van der Waals surface area contributed by atoms with Crippen molar-refractivity contribution in [1.82, 2.24) is 5.32 Å². The topological polar surface area (TPSA) is 59.3 Å². The van der Waals surface area contributed by atoms with Gasteiger partial charge in [-0.1, -0.05) is 6.92 Å². The standard InChI is InChI=1S/C10H17NO3S/c1-3-6-11-7-9-4-5-10(14-9)8-15(2,12)13/h4-5,11H,3,6-8H2,1-2H3. The van der Waals surface area contributed by atoms with Gasteiger partial charge in [-0.2, -0.15) is 0 Å². The Labute approximate surface area is 90.6 Å². The van der Waals surface area contributed by atoms with Gasteiger partial charge in [0.15, 0.2) is 9.84 Å². The van der Waals surface area contributed by atoms with Crippen molar-refractivity contribution < 1.29 is 12.8 Å². The molecule has 0 spiro atoms. The third-order valence-electron chi connectivity index (χ3n) is 1.85. The second-order valence-electron chi connectivity index (χ2n) is 3.61. The molecule has 0 aromatic carbocycles. The van der Waals surface area contributed by atoms with Crippen molar-refractivity contribution in [3.63, 3.8) is 0 Å². The Balaban J connectivity index is 2.49. The van der Waals surface area contributed by atoms with Gasteiger partial charge in [0, 0.05) is 6.26 Å². The maximum Gasteiger partial charge on any atom is 0.154 e. The van der Waals surface area contributed by atoms with Gasteiger partial charge in [-0.15, -0.1) is 0 Å². The highest BCUT2D eigenvalue weighted by Gasteiger charge is 2.08. The van der Waals surface area contributed by atoms with Crippen LogP contribution in [0.1, 0.15) is 24.9 Å². The highest BCUT2D eigenvalue weighted by atomic mass is 32.2. The molecule has 0 aliphatic carbocycles. The predicted octanol–water partition coefficient (Wildman–Crippen LogP) is 1.32. The van der Waals surface area contributed by atoms with Gasteiger partial charge in [0.05, 0.1) is 6.54 Å². The van der Waals surface area contributed by atoms with Gasteiger partial charge in [0.1, 0.15) is 17.3 Å². The third kappa shape index (κ3) is 4.99. The molecular formula is C10H17NO3S. The largest absolute Gasteiger partial charge is 0.464 e. The number of furan rings is 1. The van der Waals surface area contributed by atoms with Crippen LogP contribution in [0.5, 0.6) is 0 Å². The molecule has 0 aliphatic rings. The molecule has 0 unspecified atom stereocenters. The molecule has 1 rings (SSSR count). The fourth-order valence-electron chi connectivity index (χ4n) is 1.24. The maximum atomic E-state index is 11.0. The quantitative estimate of drug-likeness (QED) is 0.750. The molecule has 0 saturated heterocycles. The lowest BCUT2D eigenvalue weighted by Gasteiger charge is -1.99. The Morgan fingerprint density at radius 2 is 2.00 bits per heavy atom. The van der Waals surface area contributed by atoms with E-state index in [0.29, 0.717) is 12.3 Å². The summed E-state index contributed by atoms with van der Waals surface area (Å²) in [5.74, 6) is 1.26. The lowest BCUT2D eigenvalue weighted by atomic mass is 10.4. The molecule has 0 radical (unpaired) electrons. The van der Waals surface area contributed by atoms with E-state index in [1.165, 1.54) is 6.26 Å². The molecule has 0 atom stereocenters. The minimum Gasteiger partial charge on any atom is -0.464 e. The summed E-state index contributed by atoms with van der Waals surface area (Å²) in [6.45, 7) is 3.67. The first-order valence-corrected chi connectivity index (χ1v) is 7.03. The zero-order chi connectivity index (χ0) is 11.3. The highest BCUT2D eigenvalue weighted by molar-refractivity contribution is 7.89. The van der Waals surface area contributed by atoms with Crippen LogP contribution < -0.4 is 5.32 Å². The molecule has 0 saturated carbocycles. The van der Waals surface area contributed by atoms with Crippen LogP contribution in [0, 0.1) is 0 Å². The summed E-state index contributed by atoms with van der Waals surface area (Å²) < 4.78 is 27.4. The first kappa shape index (κ1) is 12.3. The number of hydrogen-bond donors (Lipinski definition) is 1. The van der Waals surface area contributed by atoms with Crippen LogP contribution in [0.25, 0.3) is 0 Å². The van der Waals surface area contributed by atoms with Gasteiger partial charge in [-0.05, 0) is 25.1 Å². The van der Waals surface area contributed by atoms with Crippen molar-refractivity contribution >= 4 is 9.84 Å². The predicted molar refractivity (Wildman–Crippen MR) is 59.3 cm³/mol. The minimum absolute atomic E-state index is 0.0270. The monoisotopic (exact) mass is 231 g/mol. The fraction of sp³-hybridized carbons (Fsp3) is 0.600. The van der Waals surface area contributed by atoms with E-state index < -0.39 is 9.84 Å². The summed E-state index contributed by atoms with van der Waals surface area (Å²) in [7, 11) is -3.00. The van der Waals surface area contributed by atoms with E-state index in [4.69, 9.17) is 4.42 Å². The minimum atomic E-state index is -3.00. The van der Waals surface area contributed by atoms with Crippen molar-refractivity contribution in [3.8, 4) is 0 Å². The lowest BCUT2D eigenvalue weighted by molar-refractivity contribution is 0.456. The Hall–Kier alpha value is -0.810. The van der Waals surface area contributed by atoms with E-state index in [-0.39, 0.29) is 5.75 Å². The van der Waals surface area contributed by atoms with Crippen LogP contribution >= 0.6 is 0 Å². The summed E-state index contributed by atoms with van der Waals surface area (Å²) in [6, 6.07) is 3.52. The van der Waals surface area contributed by atoms with Gasteiger partial charge < -0.3 is 9.73 Å². The van der Waals surface area contributed by atoms with E-state index in [2.05, 4.69) is 12.2 Å². The Morgan fingerprint density at radius 3 is 2.60 bits per heavy atom. The van der Waals surface area contributed by atoms with Crippen molar-refractivity contribution in [1.29, 1.82) is 0 Å². The molecular weight excluding hydrogens is 214 g/mol. The molecule has 0 amide bonds. The van der Waals surface area contributed by atoms with Crippen molar-refractivity contribution in [2.45, 2.75) is 25.6 Å². The normalized spacial score (nSPS) is 11.9. The van der Waals surface area contributed by atoms with E-state index in [1.54, 1.807) is 6.07 Å². The second-order valence-corrected chi connectivity index (χ2v) is 5.76. The van der Waals surface area contributed by atoms with Gasteiger partial charge >= 0.3 is 0 Å². The first-order chi connectivity index (χ1) is 7.01. The molecule has 1 aromatic heterocycles. The molecule has 1 N–H and O–H groups in total. The highest BCUT2D eigenvalue weighted by Crippen LogP contribution is 2.10. The first-order valence-electron chi connectivity index (χ1n) is 4.97. The Kier molecular flexibility index (Phi) is 4.35. The van der Waals surface area contributed by atoms with E-state index >= 15 is 0 Å². The second kappa shape index (κ2) is 5.32. The van der Waals surface area contributed by atoms with Crippen LogP contribution in [0.15, 0.2) is 16.5 Å². The van der Waals surface area contributed by atoms with Crippen molar-refractivity contribution in [2.24, 2.45) is 0 Å². The summed E-state index contributed by atoms with van der Waals surface area (Å²) in [6.07, 6.45) is 2.27. The molecule has 15 heavy (non-hydrogen) atoms. The molecule has 0 aliphatic heterocycles. The molecule has 1 heterocycles. The summed E-state index contributed by atoms with van der Waals surface area (Å²) in [4.78, 5) is 0. The number of hydrogen-bond acceptors (Lipinski definition) is 4. The van der Waals surface area contributed by atoms with Gasteiger partial charge in [0.25, 0.3) is 0 Å². The SMILES string of the molecule is CCCNCc1ccc(CS(C)(=O)=O)o1. The summed E-state index contributed by atoms with van der Waals surface area (Å²) in [5, 5.41) is 3.18. The van der Waals surface area contributed by atoms with Crippen LogP contribution in [0.4, 0.5) is 0 Å². The number of nitrogens with one attached hydrogen (secondary N) is 1. The van der Waals surface area contributed by atoms with Crippen molar-refractivity contribution in [3.05, 3.63) is 23.7 Å². The van der Waals surface area contributed by atoms with Crippen LogP contribution in [0.2, 0.25) is 0 Å². The van der Waals surface area contributed by atoms with Crippen LogP contribution in [-0.4, -0.2) is 21.2 Å². The van der Waals surface area contributed by atoms with E-state index in [1.807, 2.05) is 6.07 Å². The number of rotatable bonds is 6. The smallest absolute Gasteiger partial charge is 0.154 e. The van der Waals surface area contributed by atoms with Crippen LogP contribution in [-0.2, 0) is 22.1 Å². The van der Waals surface area contributed by atoms with E-state index in [0.717, 1.165) is 18.7 Å². The molecule has 0 fully saturated rings. The van der Waals surface area contributed by atoms with Gasteiger partial charge in [-0.25, -0.2) is 8.42 Å². The van der Waals surface area contributed by atoms with Crippen LogP contribution in [0.3, 0.4) is 0 Å². The lowest BCUT2D eigenvalue weighted by Crippen LogP contribution is -2.13. The zero-order valence-electron chi connectivity index (χ0n) is 9.12. The van der Waals surface area contributed by atoms with E-state index in [9.17, 15) is 8.42 Å². The Morgan fingerprint density at radius 1 is 1.33 bits per heavy atom. The third-order valence-corrected chi connectivity index (χ3v) is 2.66. The maximum absolute atomic E-state index is 11.0. The summed E-state index contributed by atoms with van der Waals surface area (Å²) in [5.41, 5.74) is 0. The average molecular weight is 231 g/mol. The van der Waals surface area contributed by atoms with Crippen molar-refractivity contribution in [2.75, 3.05) is 12.8 Å². The molecule has 4 nitrogen and oxygen atoms in total. The fourth-order valence-corrected chi connectivity index (χ4v) is 1.91. The Bertz CT molecular complexity index is 395. The molecule has 86 valence electrons.